The van der Waals surface area contributed by atoms with Crippen LogP contribution in [-0.4, -0.2) is 19.0 Å². The van der Waals surface area contributed by atoms with E-state index in [4.69, 9.17) is 16.9 Å². The summed E-state index contributed by atoms with van der Waals surface area (Å²) in [7, 11) is 0. The van der Waals surface area contributed by atoms with Crippen molar-refractivity contribution in [1.29, 1.82) is 5.26 Å². The quantitative estimate of drug-likeness (QED) is 0.858. The highest BCUT2D eigenvalue weighted by Crippen LogP contribution is 2.31. The van der Waals surface area contributed by atoms with Crippen molar-refractivity contribution in [2.24, 2.45) is 0 Å². The van der Waals surface area contributed by atoms with Crippen LogP contribution in [0.1, 0.15) is 41.6 Å². The molecule has 0 saturated carbocycles. The molecule has 0 bridgehead atoms. The van der Waals surface area contributed by atoms with Gasteiger partial charge in [-0.2, -0.15) is 5.26 Å². The van der Waals surface area contributed by atoms with E-state index < -0.39 is 0 Å². The maximum Gasteiger partial charge on any atom is 0.255 e. The van der Waals surface area contributed by atoms with Crippen molar-refractivity contribution in [3.8, 4) is 6.07 Å². The number of carbonyl (C=O) groups excluding carboxylic acids is 1. The summed E-state index contributed by atoms with van der Waals surface area (Å²) in [6.45, 7) is 1.97. The topological polar surface area (TPSA) is 56.1 Å². The Kier molecular flexibility index (Phi) is 5.57. The van der Waals surface area contributed by atoms with Gasteiger partial charge in [-0.1, -0.05) is 24.4 Å². The first-order valence-corrected chi connectivity index (χ1v) is 8.91. The number of hydrogen-bond acceptors (Lipinski definition) is 3. The lowest BCUT2D eigenvalue weighted by Gasteiger charge is -2.25. The van der Waals surface area contributed by atoms with E-state index >= 15 is 0 Å². The second kappa shape index (κ2) is 8.04. The van der Waals surface area contributed by atoms with Gasteiger partial charge in [-0.05, 0) is 55.3 Å². The molecule has 0 aliphatic carbocycles. The monoisotopic (exact) mass is 353 g/mol. The zero-order chi connectivity index (χ0) is 17.6. The Bertz CT molecular complexity index is 788. The number of halogens is 1. The lowest BCUT2D eigenvalue weighted by Crippen LogP contribution is -2.25. The highest BCUT2D eigenvalue weighted by molar-refractivity contribution is 6.31. The van der Waals surface area contributed by atoms with Gasteiger partial charge in [0.15, 0.2) is 0 Å². The highest BCUT2D eigenvalue weighted by atomic mass is 35.5. The van der Waals surface area contributed by atoms with Gasteiger partial charge in [0.1, 0.15) is 0 Å². The van der Waals surface area contributed by atoms with Gasteiger partial charge in [0, 0.05) is 23.7 Å². The van der Waals surface area contributed by atoms with Gasteiger partial charge < -0.3 is 10.2 Å². The fourth-order valence-corrected chi connectivity index (χ4v) is 3.26. The summed E-state index contributed by atoms with van der Waals surface area (Å²) in [6, 6.07) is 14.3. The van der Waals surface area contributed by atoms with Crippen LogP contribution in [0.15, 0.2) is 42.5 Å². The maximum absolute atomic E-state index is 12.6. The first-order chi connectivity index (χ1) is 12.2. The number of benzene rings is 2. The molecule has 1 saturated heterocycles. The SMILES string of the molecule is N#Cc1ccc(C(=O)Nc2cc(Cl)ccc2N2CCCCCC2)cc1. The van der Waals surface area contributed by atoms with E-state index in [9.17, 15) is 4.79 Å². The number of nitrogens with one attached hydrogen (secondary N) is 1. The minimum atomic E-state index is -0.206. The molecule has 25 heavy (non-hydrogen) atoms. The van der Waals surface area contributed by atoms with Crippen molar-refractivity contribution < 1.29 is 4.79 Å². The van der Waals surface area contributed by atoms with Crippen LogP contribution >= 0.6 is 11.6 Å². The molecule has 1 heterocycles. The molecule has 0 aromatic heterocycles. The molecule has 1 fully saturated rings. The molecule has 2 aromatic rings. The Morgan fingerprint density at radius 3 is 2.36 bits per heavy atom. The van der Waals surface area contributed by atoms with Gasteiger partial charge in [0.05, 0.1) is 23.0 Å². The van der Waals surface area contributed by atoms with Crippen molar-refractivity contribution in [2.45, 2.75) is 25.7 Å². The van der Waals surface area contributed by atoms with Gasteiger partial charge in [-0.25, -0.2) is 0 Å². The van der Waals surface area contributed by atoms with Gasteiger partial charge in [0.25, 0.3) is 5.91 Å². The lowest BCUT2D eigenvalue weighted by atomic mass is 10.1. The Morgan fingerprint density at radius 1 is 1.04 bits per heavy atom. The van der Waals surface area contributed by atoms with E-state index in [-0.39, 0.29) is 5.91 Å². The van der Waals surface area contributed by atoms with Crippen molar-refractivity contribution in [3.63, 3.8) is 0 Å². The minimum absolute atomic E-state index is 0.206. The van der Waals surface area contributed by atoms with Crippen molar-refractivity contribution >= 4 is 28.9 Å². The maximum atomic E-state index is 12.6. The summed E-state index contributed by atoms with van der Waals surface area (Å²) in [5, 5.41) is 12.4. The van der Waals surface area contributed by atoms with Crippen molar-refractivity contribution in [2.75, 3.05) is 23.3 Å². The molecule has 0 radical (unpaired) electrons. The predicted molar refractivity (Wildman–Crippen MR) is 101 cm³/mol. The summed E-state index contributed by atoms with van der Waals surface area (Å²) < 4.78 is 0. The summed E-state index contributed by atoms with van der Waals surface area (Å²) in [5.41, 5.74) is 2.78. The lowest BCUT2D eigenvalue weighted by molar-refractivity contribution is 0.102. The Hall–Kier alpha value is -2.51. The number of amides is 1. The first kappa shape index (κ1) is 17.3. The van der Waals surface area contributed by atoms with Crippen LogP contribution < -0.4 is 10.2 Å². The molecule has 2 aromatic carbocycles. The number of nitriles is 1. The van der Waals surface area contributed by atoms with Crippen LogP contribution in [-0.2, 0) is 0 Å². The molecule has 1 aliphatic heterocycles. The number of rotatable bonds is 3. The third-order valence-electron chi connectivity index (χ3n) is 4.43. The standard InChI is InChI=1S/C20H20ClN3O/c21-17-9-10-19(24-11-3-1-2-4-12-24)18(13-17)23-20(25)16-7-5-15(14-22)6-8-16/h5-10,13H,1-4,11-12H2,(H,23,25). The summed E-state index contributed by atoms with van der Waals surface area (Å²) in [6.07, 6.45) is 4.81. The zero-order valence-electron chi connectivity index (χ0n) is 14.0. The minimum Gasteiger partial charge on any atom is -0.370 e. The molecule has 1 amide bonds. The number of hydrogen-bond donors (Lipinski definition) is 1. The molecule has 128 valence electrons. The van der Waals surface area contributed by atoms with E-state index in [1.54, 1.807) is 30.3 Å². The molecule has 4 nitrogen and oxygen atoms in total. The molecular weight excluding hydrogens is 334 g/mol. The largest absolute Gasteiger partial charge is 0.370 e. The van der Waals surface area contributed by atoms with E-state index in [1.807, 2.05) is 12.1 Å². The molecule has 1 aliphatic rings. The molecule has 5 heteroatoms. The smallest absolute Gasteiger partial charge is 0.255 e. The second-order valence-electron chi connectivity index (χ2n) is 6.21. The molecule has 0 unspecified atom stereocenters. The van der Waals surface area contributed by atoms with E-state index in [2.05, 4.69) is 16.3 Å². The predicted octanol–water partition coefficient (Wildman–Crippen LogP) is 4.84. The molecule has 3 rings (SSSR count). The highest BCUT2D eigenvalue weighted by Gasteiger charge is 2.16. The zero-order valence-corrected chi connectivity index (χ0v) is 14.7. The van der Waals surface area contributed by atoms with Crippen LogP contribution in [0.25, 0.3) is 0 Å². The third kappa shape index (κ3) is 4.32. The van der Waals surface area contributed by atoms with Crippen LogP contribution in [0, 0.1) is 11.3 Å². The second-order valence-corrected chi connectivity index (χ2v) is 6.64. The number of anilines is 2. The van der Waals surface area contributed by atoms with Crippen molar-refractivity contribution in [3.05, 3.63) is 58.6 Å². The summed E-state index contributed by atoms with van der Waals surface area (Å²) in [4.78, 5) is 14.9. The molecule has 0 atom stereocenters. The fraction of sp³-hybridized carbons (Fsp3) is 0.300. The van der Waals surface area contributed by atoms with Crippen molar-refractivity contribution in [1.82, 2.24) is 0 Å². The van der Waals surface area contributed by atoms with Crippen LogP contribution in [0.4, 0.5) is 11.4 Å². The first-order valence-electron chi connectivity index (χ1n) is 8.53. The van der Waals surface area contributed by atoms with E-state index in [0.717, 1.165) is 37.3 Å². The summed E-state index contributed by atoms with van der Waals surface area (Å²) >= 11 is 6.15. The number of nitrogens with zero attached hydrogens (tertiary/aromatic N) is 2. The average Bonchev–Trinajstić information content (AvgIpc) is 2.91. The summed E-state index contributed by atoms with van der Waals surface area (Å²) in [5.74, 6) is -0.206. The van der Waals surface area contributed by atoms with Gasteiger partial charge in [0.2, 0.25) is 0 Å². The average molecular weight is 354 g/mol. The Labute approximate surface area is 153 Å². The van der Waals surface area contributed by atoms with Gasteiger partial charge >= 0.3 is 0 Å². The third-order valence-corrected chi connectivity index (χ3v) is 4.66. The Balaban J connectivity index is 1.84. The van der Waals surface area contributed by atoms with Gasteiger partial charge in [-0.15, -0.1) is 0 Å². The normalized spacial score (nSPS) is 14.5. The Morgan fingerprint density at radius 2 is 1.72 bits per heavy atom. The van der Waals surface area contributed by atoms with Crippen LogP contribution in [0.3, 0.4) is 0 Å². The molecular formula is C20H20ClN3O. The van der Waals surface area contributed by atoms with E-state index in [0.29, 0.717) is 16.1 Å². The van der Waals surface area contributed by atoms with Crippen LogP contribution in [0.5, 0.6) is 0 Å². The van der Waals surface area contributed by atoms with E-state index in [1.165, 1.54) is 12.8 Å². The number of carbonyl (C=O) groups is 1. The van der Waals surface area contributed by atoms with Crippen LogP contribution in [0.2, 0.25) is 5.02 Å². The molecule has 0 spiro atoms. The van der Waals surface area contributed by atoms with Gasteiger partial charge in [-0.3, -0.25) is 4.79 Å². The molecule has 1 N–H and O–H groups in total. The fourth-order valence-electron chi connectivity index (χ4n) is 3.09.